The van der Waals surface area contributed by atoms with Gasteiger partial charge in [0.25, 0.3) is 0 Å². The number of hydrogen-bond donors (Lipinski definition) is 0. The highest BCUT2D eigenvalue weighted by Gasteiger charge is 2.54. The van der Waals surface area contributed by atoms with E-state index in [1.165, 1.54) is 7.11 Å². The Morgan fingerprint density at radius 3 is 2.73 bits per heavy atom. The molecule has 0 heterocycles. The number of ketones is 1. The molecular weight excluding hydrogens is 192 g/mol. The molecule has 3 aliphatic carbocycles. The van der Waals surface area contributed by atoms with E-state index in [4.69, 9.17) is 4.74 Å². The summed E-state index contributed by atoms with van der Waals surface area (Å²) in [5, 5.41) is 0. The van der Waals surface area contributed by atoms with Gasteiger partial charge in [-0.05, 0) is 19.3 Å². The van der Waals surface area contributed by atoms with Crippen molar-refractivity contribution in [1.29, 1.82) is 0 Å². The second-order valence-corrected chi connectivity index (χ2v) is 4.83. The molecule has 0 radical (unpaired) electrons. The highest BCUT2D eigenvalue weighted by atomic mass is 16.5. The average Bonchev–Trinajstić information content (AvgIpc) is 2.23. The van der Waals surface area contributed by atoms with Crippen LogP contribution in [-0.2, 0) is 14.3 Å². The summed E-state index contributed by atoms with van der Waals surface area (Å²) in [4.78, 5) is 23.7. The van der Waals surface area contributed by atoms with E-state index in [1.54, 1.807) is 0 Å². The highest BCUT2D eigenvalue weighted by Crippen LogP contribution is 2.49. The van der Waals surface area contributed by atoms with Crippen LogP contribution < -0.4 is 0 Å². The van der Waals surface area contributed by atoms with Gasteiger partial charge in [0.1, 0.15) is 5.78 Å². The Morgan fingerprint density at radius 2 is 2.20 bits per heavy atom. The monoisotopic (exact) mass is 208 g/mol. The lowest BCUT2D eigenvalue weighted by atomic mass is 9.56. The zero-order valence-electron chi connectivity index (χ0n) is 9.32. The van der Waals surface area contributed by atoms with Crippen molar-refractivity contribution in [3.8, 4) is 0 Å². The number of ether oxygens (including phenoxy) is 1. The maximum Gasteiger partial charge on any atom is 0.312 e. The molecule has 3 aliphatic rings. The van der Waals surface area contributed by atoms with Gasteiger partial charge < -0.3 is 4.74 Å². The van der Waals surface area contributed by atoms with Crippen molar-refractivity contribution in [2.24, 2.45) is 23.2 Å². The molecule has 0 aromatic carbocycles. The van der Waals surface area contributed by atoms with Gasteiger partial charge in [0.2, 0.25) is 0 Å². The maximum absolute atomic E-state index is 12.0. The molecule has 0 spiro atoms. The summed E-state index contributed by atoms with van der Waals surface area (Å²) in [7, 11) is 1.38. The first-order valence-electron chi connectivity index (χ1n) is 5.31. The summed E-state index contributed by atoms with van der Waals surface area (Å²) in [6, 6.07) is 0. The van der Waals surface area contributed by atoms with Crippen molar-refractivity contribution in [3.63, 3.8) is 0 Å². The molecule has 0 saturated heterocycles. The molecule has 1 fully saturated rings. The van der Waals surface area contributed by atoms with Crippen molar-refractivity contribution in [2.75, 3.05) is 7.11 Å². The molecule has 0 aliphatic heterocycles. The Hall–Kier alpha value is -1.12. The Bertz CT molecular complexity index is 345. The lowest BCUT2D eigenvalue weighted by Crippen LogP contribution is -2.51. The predicted molar refractivity (Wildman–Crippen MR) is 55.0 cm³/mol. The summed E-state index contributed by atoms with van der Waals surface area (Å²) in [6.45, 7) is 3.78. The minimum absolute atomic E-state index is 0.0535. The zero-order valence-corrected chi connectivity index (χ0v) is 9.32. The first kappa shape index (κ1) is 10.4. The molecule has 4 atom stereocenters. The van der Waals surface area contributed by atoms with E-state index in [2.05, 4.69) is 6.08 Å². The average molecular weight is 208 g/mol. The van der Waals surface area contributed by atoms with Crippen LogP contribution in [0.4, 0.5) is 0 Å². The molecule has 15 heavy (non-hydrogen) atoms. The maximum atomic E-state index is 12.0. The first-order valence-corrected chi connectivity index (χ1v) is 5.31. The number of Topliss-reactive ketones (excluding diaryl/α,β-unsaturated/α-hetero) is 1. The van der Waals surface area contributed by atoms with Crippen molar-refractivity contribution >= 4 is 11.8 Å². The highest BCUT2D eigenvalue weighted by molar-refractivity contribution is 5.94. The van der Waals surface area contributed by atoms with Crippen LogP contribution in [0.3, 0.4) is 0 Å². The second-order valence-electron chi connectivity index (χ2n) is 4.83. The lowest BCUT2D eigenvalue weighted by Gasteiger charge is -2.46. The summed E-state index contributed by atoms with van der Waals surface area (Å²) in [5.41, 5.74) is -0.641. The number of rotatable bonds is 1. The summed E-state index contributed by atoms with van der Waals surface area (Å²) >= 11 is 0. The van der Waals surface area contributed by atoms with Gasteiger partial charge >= 0.3 is 5.97 Å². The van der Waals surface area contributed by atoms with E-state index in [9.17, 15) is 9.59 Å². The van der Waals surface area contributed by atoms with E-state index in [1.807, 2.05) is 19.9 Å². The normalized spacial score (nSPS) is 43.1. The van der Waals surface area contributed by atoms with Crippen molar-refractivity contribution in [1.82, 2.24) is 0 Å². The third-order valence-corrected chi connectivity index (χ3v) is 3.95. The van der Waals surface area contributed by atoms with Crippen LogP contribution in [-0.4, -0.2) is 18.9 Å². The fourth-order valence-electron chi connectivity index (χ4n) is 2.84. The van der Waals surface area contributed by atoms with Crippen LogP contribution in [0.15, 0.2) is 12.2 Å². The number of methoxy groups -OCH3 is 1. The standard InChI is InChI=1S/C12H16O3/c1-7-8-4-5-9(10(7)13)12(2,6-8)11(14)15-3/h4-5,7-9H,6H2,1-3H3/t7?,8-,9-,12+/m1/s1. The van der Waals surface area contributed by atoms with Gasteiger partial charge in [0.05, 0.1) is 18.4 Å². The molecular formula is C12H16O3. The molecule has 0 aromatic heterocycles. The Balaban J connectivity index is 2.38. The van der Waals surface area contributed by atoms with E-state index in [-0.39, 0.29) is 29.5 Å². The van der Waals surface area contributed by atoms with Crippen LogP contribution in [0.2, 0.25) is 0 Å². The van der Waals surface area contributed by atoms with Gasteiger partial charge in [0, 0.05) is 5.92 Å². The molecule has 82 valence electrons. The molecule has 0 N–H and O–H groups in total. The summed E-state index contributed by atoms with van der Waals surface area (Å²) in [6.07, 6.45) is 4.68. The first-order chi connectivity index (χ1) is 7.00. The van der Waals surface area contributed by atoms with Crippen LogP contribution in [0.1, 0.15) is 20.3 Å². The van der Waals surface area contributed by atoms with E-state index < -0.39 is 5.41 Å². The minimum atomic E-state index is -0.641. The van der Waals surface area contributed by atoms with E-state index >= 15 is 0 Å². The molecule has 3 nitrogen and oxygen atoms in total. The summed E-state index contributed by atoms with van der Waals surface area (Å²) in [5.74, 6) is -0.113. The molecule has 1 saturated carbocycles. The fraction of sp³-hybridized carbons (Fsp3) is 0.667. The van der Waals surface area contributed by atoms with Gasteiger partial charge in [0.15, 0.2) is 0 Å². The quantitative estimate of drug-likeness (QED) is 0.485. The van der Waals surface area contributed by atoms with Gasteiger partial charge in [-0.25, -0.2) is 0 Å². The summed E-state index contributed by atoms with van der Waals surface area (Å²) < 4.78 is 4.80. The largest absolute Gasteiger partial charge is 0.469 e. The molecule has 3 rings (SSSR count). The number of fused-ring (bicyclic) bond motifs is 2. The number of allylic oxidation sites excluding steroid dienone is 2. The Kier molecular flexibility index (Phi) is 2.21. The van der Waals surface area contributed by atoms with Gasteiger partial charge in [-0.3, -0.25) is 9.59 Å². The van der Waals surface area contributed by atoms with E-state index in [0.717, 1.165) is 6.42 Å². The SMILES string of the molecule is COC(=O)[C@@]1(C)C[C@H]2C=C[C@@H]1C(=O)C2C. The topological polar surface area (TPSA) is 43.4 Å². The van der Waals surface area contributed by atoms with Crippen LogP contribution in [0.25, 0.3) is 0 Å². The van der Waals surface area contributed by atoms with Crippen LogP contribution in [0.5, 0.6) is 0 Å². The smallest absolute Gasteiger partial charge is 0.312 e. The van der Waals surface area contributed by atoms with Crippen molar-refractivity contribution in [3.05, 3.63) is 12.2 Å². The van der Waals surface area contributed by atoms with Gasteiger partial charge in [-0.2, -0.15) is 0 Å². The molecule has 1 unspecified atom stereocenters. The van der Waals surface area contributed by atoms with Crippen molar-refractivity contribution in [2.45, 2.75) is 20.3 Å². The second kappa shape index (κ2) is 3.19. The predicted octanol–water partition coefficient (Wildman–Crippen LogP) is 1.58. The Labute approximate surface area is 89.5 Å². The van der Waals surface area contributed by atoms with Gasteiger partial charge in [-0.15, -0.1) is 0 Å². The number of carbonyl (C=O) groups is 2. The molecule has 3 heteroatoms. The van der Waals surface area contributed by atoms with Crippen LogP contribution >= 0.6 is 0 Å². The van der Waals surface area contributed by atoms with Crippen molar-refractivity contribution < 1.29 is 14.3 Å². The zero-order chi connectivity index (χ0) is 11.2. The number of hydrogen-bond acceptors (Lipinski definition) is 3. The van der Waals surface area contributed by atoms with E-state index in [0.29, 0.717) is 0 Å². The van der Waals surface area contributed by atoms with Crippen LogP contribution in [0, 0.1) is 23.2 Å². The third-order valence-electron chi connectivity index (χ3n) is 3.95. The van der Waals surface area contributed by atoms with Gasteiger partial charge in [-0.1, -0.05) is 19.1 Å². The number of esters is 1. The Morgan fingerprint density at radius 1 is 1.53 bits per heavy atom. The lowest BCUT2D eigenvalue weighted by molar-refractivity contribution is -0.163. The fourth-order valence-corrected chi connectivity index (χ4v) is 2.84. The molecule has 0 aromatic rings. The number of carbonyl (C=O) groups excluding carboxylic acids is 2. The molecule has 0 amide bonds. The minimum Gasteiger partial charge on any atom is -0.469 e. The third kappa shape index (κ3) is 1.25. The molecule has 2 bridgehead atoms.